The molecule has 0 atom stereocenters. The van der Waals surface area contributed by atoms with Gasteiger partial charge in [-0.3, -0.25) is 4.79 Å². The SMILES string of the molecule is CCOc1cc(/C=C(/C#N)C(=O)Nc2cccc(Cl)c2Cl)cc(Cl)c1OCc1ccccc1. The van der Waals surface area contributed by atoms with Crippen LogP contribution in [0.5, 0.6) is 11.5 Å². The number of amides is 1. The molecule has 0 radical (unpaired) electrons. The minimum atomic E-state index is -0.639. The van der Waals surface area contributed by atoms with Crippen LogP contribution in [0.25, 0.3) is 6.08 Å². The van der Waals surface area contributed by atoms with Crippen molar-refractivity contribution in [2.45, 2.75) is 13.5 Å². The molecule has 168 valence electrons. The second-order valence-corrected chi connectivity index (χ2v) is 7.95. The summed E-state index contributed by atoms with van der Waals surface area (Å²) in [6.45, 7) is 2.52. The second-order valence-electron chi connectivity index (χ2n) is 6.76. The van der Waals surface area contributed by atoms with E-state index in [0.717, 1.165) is 5.56 Å². The highest BCUT2D eigenvalue weighted by atomic mass is 35.5. The zero-order valence-electron chi connectivity index (χ0n) is 17.6. The highest BCUT2D eigenvalue weighted by molar-refractivity contribution is 6.44. The number of nitrogens with zero attached hydrogens (tertiary/aromatic N) is 1. The average molecular weight is 502 g/mol. The van der Waals surface area contributed by atoms with E-state index in [1.165, 1.54) is 6.08 Å². The van der Waals surface area contributed by atoms with Crippen LogP contribution in [0.3, 0.4) is 0 Å². The summed E-state index contributed by atoms with van der Waals surface area (Å²) in [5, 5.41) is 12.9. The summed E-state index contributed by atoms with van der Waals surface area (Å²) < 4.78 is 11.6. The summed E-state index contributed by atoms with van der Waals surface area (Å²) >= 11 is 18.6. The highest BCUT2D eigenvalue weighted by Gasteiger charge is 2.16. The largest absolute Gasteiger partial charge is 0.490 e. The van der Waals surface area contributed by atoms with Crippen LogP contribution in [0.2, 0.25) is 15.1 Å². The van der Waals surface area contributed by atoms with E-state index in [1.54, 1.807) is 30.3 Å². The highest BCUT2D eigenvalue weighted by Crippen LogP contribution is 2.38. The fourth-order valence-electron chi connectivity index (χ4n) is 2.91. The Balaban J connectivity index is 1.86. The molecule has 3 aromatic rings. The standard InChI is InChI=1S/C25H19Cl3N2O3/c1-2-32-22-13-17(12-20(27)24(22)33-15-16-7-4-3-5-8-16)11-18(14-29)25(31)30-21-10-6-9-19(26)23(21)28/h3-13H,2,15H2,1H3,(H,30,31)/b18-11-. The van der Waals surface area contributed by atoms with Gasteiger partial charge in [-0.1, -0.05) is 71.2 Å². The number of halogens is 3. The van der Waals surface area contributed by atoms with E-state index in [2.05, 4.69) is 5.32 Å². The van der Waals surface area contributed by atoms with Gasteiger partial charge in [0.05, 0.1) is 27.4 Å². The minimum absolute atomic E-state index is 0.150. The van der Waals surface area contributed by atoms with Crippen molar-refractivity contribution in [1.29, 1.82) is 5.26 Å². The van der Waals surface area contributed by atoms with E-state index in [-0.39, 0.29) is 15.6 Å². The van der Waals surface area contributed by atoms with Gasteiger partial charge < -0.3 is 14.8 Å². The third-order valence-electron chi connectivity index (χ3n) is 4.43. The van der Waals surface area contributed by atoms with Crippen molar-refractivity contribution < 1.29 is 14.3 Å². The summed E-state index contributed by atoms with van der Waals surface area (Å²) in [6.07, 6.45) is 1.41. The smallest absolute Gasteiger partial charge is 0.266 e. The molecule has 0 unspecified atom stereocenters. The van der Waals surface area contributed by atoms with Crippen molar-refractivity contribution in [3.05, 3.63) is 92.4 Å². The molecule has 0 bridgehead atoms. The predicted octanol–water partition coefficient (Wildman–Crippen LogP) is 7.17. The van der Waals surface area contributed by atoms with Crippen LogP contribution in [0.1, 0.15) is 18.1 Å². The van der Waals surface area contributed by atoms with Gasteiger partial charge in [-0.2, -0.15) is 5.26 Å². The monoisotopic (exact) mass is 500 g/mol. The molecule has 0 aliphatic rings. The van der Waals surface area contributed by atoms with Crippen LogP contribution in [0.15, 0.2) is 66.2 Å². The van der Waals surface area contributed by atoms with E-state index >= 15 is 0 Å². The van der Waals surface area contributed by atoms with Crippen LogP contribution < -0.4 is 14.8 Å². The molecule has 5 nitrogen and oxygen atoms in total. The van der Waals surface area contributed by atoms with Crippen LogP contribution in [0.4, 0.5) is 5.69 Å². The first-order valence-electron chi connectivity index (χ1n) is 9.93. The summed E-state index contributed by atoms with van der Waals surface area (Å²) in [6, 6.07) is 19.6. The first kappa shape index (κ1) is 24.5. The van der Waals surface area contributed by atoms with Gasteiger partial charge in [0.25, 0.3) is 5.91 Å². The Morgan fingerprint density at radius 1 is 1.03 bits per heavy atom. The van der Waals surface area contributed by atoms with Gasteiger partial charge in [0, 0.05) is 0 Å². The molecule has 0 saturated heterocycles. The first-order valence-corrected chi connectivity index (χ1v) is 11.1. The molecule has 0 aliphatic carbocycles. The van der Waals surface area contributed by atoms with Gasteiger partial charge in [0.1, 0.15) is 18.2 Å². The zero-order valence-corrected chi connectivity index (χ0v) is 19.8. The van der Waals surface area contributed by atoms with E-state index in [0.29, 0.717) is 41.0 Å². The Kier molecular flexibility index (Phi) is 8.62. The molecule has 0 aliphatic heterocycles. The van der Waals surface area contributed by atoms with Crippen LogP contribution >= 0.6 is 34.8 Å². The zero-order chi connectivity index (χ0) is 23.8. The number of anilines is 1. The fraction of sp³-hybridized carbons (Fsp3) is 0.120. The third-order valence-corrected chi connectivity index (χ3v) is 5.53. The Morgan fingerprint density at radius 2 is 1.79 bits per heavy atom. The summed E-state index contributed by atoms with van der Waals surface area (Å²) in [4.78, 5) is 12.6. The molecule has 3 rings (SSSR count). The average Bonchev–Trinajstić information content (AvgIpc) is 2.80. The maximum Gasteiger partial charge on any atom is 0.266 e. The Bertz CT molecular complexity index is 1220. The Morgan fingerprint density at radius 3 is 2.48 bits per heavy atom. The first-order chi connectivity index (χ1) is 15.9. The van der Waals surface area contributed by atoms with Gasteiger partial charge >= 0.3 is 0 Å². The van der Waals surface area contributed by atoms with Gasteiger partial charge in [-0.05, 0) is 48.4 Å². The Hall–Kier alpha value is -3.17. The topological polar surface area (TPSA) is 71.3 Å². The van der Waals surface area contributed by atoms with Crippen molar-refractivity contribution in [2.75, 3.05) is 11.9 Å². The molecule has 1 amide bonds. The molecule has 0 aromatic heterocycles. The number of nitriles is 1. The number of hydrogen-bond acceptors (Lipinski definition) is 4. The van der Waals surface area contributed by atoms with Crippen LogP contribution in [-0.4, -0.2) is 12.5 Å². The van der Waals surface area contributed by atoms with Crippen molar-refractivity contribution in [3.8, 4) is 17.6 Å². The second kappa shape index (κ2) is 11.6. The van der Waals surface area contributed by atoms with Gasteiger partial charge in [-0.25, -0.2) is 0 Å². The molecule has 0 fully saturated rings. The maximum atomic E-state index is 12.6. The minimum Gasteiger partial charge on any atom is -0.490 e. The number of carbonyl (C=O) groups excluding carboxylic acids is 1. The summed E-state index contributed by atoms with van der Waals surface area (Å²) in [5.74, 6) is 0.149. The number of benzene rings is 3. The predicted molar refractivity (Wildman–Crippen MR) is 132 cm³/mol. The van der Waals surface area contributed by atoms with E-state index < -0.39 is 5.91 Å². The van der Waals surface area contributed by atoms with Crippen molar-refractivity contribution in [1.82, 2.24) is 0 Å². The van der Waals surface area contributed by atoms with Crippen molar-refractivity contribution in [2.24, 2.45) is 0 Å². The molecular formula is C25H19Cl3N2O3. The maximum absolute atomic E-state index is 12.6. The lowest BCUT2D eigenvalue weighted by molar-refractivity contribution is -0.112. The van der Waals surface area contributed by atoms with Crippen LogP contribution in [0, 0.1) is 11.3 Å². The van der Waals surface area contributed by atoms with Crippen LogP contribution in [-0.2, 0) is 11.4 Å². The van der Waals surface area contributed by atoms with E-state index in [4.69, 9.17) is 44.3 Å². The number of ether oxygens (including phenoxy) is 2. The normalized spacial score (nSPS) is 10.9. The molecule has 0 spiro atoms. The van der Waals surface area contributed by atoms with Crippen molar-refractivity contribution in [3.63, 3.8) is 0 Å². The molecule has 3 aromatic carbocycles. The summed E-state index contributed by atoms with van der Waals surface area (Å²) in [5.41, 5.74) is 1.62. The van der Waals surface area contributed by atoms with E-state index in [1.807, 2.05) is 43.3 Å². The molecular weight excluding hydrogens is 483 g/mol. The summed E-state index contributed by atoms with van der Waals surface area (Å²) in [7, 11) is 0. The molecule has 0 saturated carbocycles. The lowest BCUT2D eigenvalue weighted by Gasteiger charge is -2.15. The molecule has 1 N–H and O–H groups in total. The molecule has 33 heavy (non-hydrogen) atoms. The van der Waals surface area contributed by atoms with Gasteiger partial charge in [0.2, 0.25) is 0 Å². The lowest BCUT2D eigenvalue weighted by Crippen LogP contribution is -2.13. The Labute approximate surface area is 207 Å². The van der Waals surface area contributed by atoms with Crippen molar-refractivity contribution >= 4 is 52.5 Å². The van der Waals surface area contributed by atoms with Gasteiger partial charge in [-0.15, -0.1) is 0 Å². The van der Waals surface area contributed by atoms with E-state index in [9.17, 15) is 10.1 Å². The lowest BCUT2D eigenvalue weighted by atomic mass is 10.1. The van der Waals surface area contributed by atoms with Gasteiger partial charge in [0.15, 0.2) is 11.5 Å². The fourth-order valence-corrected chi connectivity index (χ4v) is 3.53. The third kappa shape index (κ3) is 6.43. The number of rotatable bonds is 8. The quantitative estimate of drug-likeness (QED) is 0.262. The molecule has 8 heteroatoms. The molecule has 0 heterocycles. The number of carbonyl (C=O) groups is 1. The number of hydrogen-bond donors (Lipinski definition) is 1. The number of nitrogens with one attached hydrogen (secondary N) is 1.